The Kier molecular flexibility index (Phi) is 5.19. The number of hydrogen-bond acceptors (Lipinski definition) is 6. The van der Waals surface area contributed by atoms with Crippen molar-refractivity contribution in [3.8, 4) is 0 Å². The van der Waals surface area contributed by atoms with Crippen molar-refractivity contribution in [2.45, 2.75) is 42.6 Å². The van der Waals surface area contributed by atoms with Crippen LogP contribution in [0.25, 0.3) is 5.70 Å². The van der Waals surface area contributed by atoms with Gasteiger partial charge < -0.3 is 5.32 Å². The van der Waals surface area contributed by atoms with Crippen molar-refractivity contribution in [2.24, 2.45) is 0 Å². The van der Waals surface area contributed by atoms with Crippen LogP contribution < -0.4 is 10.9 Å². The van der Waals surface area contributed by atoms with Crippen LogP contribution in [0.4, 0.5) is 0 Å². The van der Waals surface area contributed by atoms with E-state index in [4.69, 9.17) is 0 Å². The molecule has 1 saturated carbocycles. The number of rotatable bonds is 6. The van der Waals surface area contributed by atoms with Crippen molar-refractivity contribution < 1.29 is 4.92 Å². The molecule has 1 aromatic rings. The van der Waals surface area contributed by atoms with Gasteiger partial charge in [-0.15, -0.1) is 0 Å². The second-order valence-electron chi connectivity index (χ2n) is 6.05. The summed E-state index contributed by atoms with van der Waals surface area (Å²) in [4.78, 5) is 28.5. The lowest BCUT2D eigenvalue weighted by atomic mass is 10.0. The zero-order valence-electron chi connectivity index (χ0n) is 13.9. The Morgan fingerprint density at radius 3 is 2.84 bits per heavy atom. The zero-order chi connectivity index (χ0) is 18.0. The fraction of sp³-hybridized carbons (Fsp3) is 0.412. The van der Waals surface area contributed by atoms with E-state index >= 15 is 0 Å². The molecule has 3 rings (SSSR count). The minimum Gasteiger partial charge on any atom is -0.312 e. The fourth-order valence-corrected chi connectivity index (χ4v) is 4.13. The van der Waals surface area contributed by atoms with Gasteiger partial charge in [0.05, 0.1) is 16.2 Å². The first-order chi connectivity index (χ1) is 12.0. The molecule has 0 radical (unpaired) electrons. The van der Waals surface area contributed by atoms with Crippen LogP contribution in [-0.2, 0) is 13.0 Å². The van der Waals surface area contributed by atoms with Gasteiger partial charge in [0, 0.05) is 24.8 Å². The van der Waals surface area contributed by atoms with E-state index < -0.39 is 4.92 Å². The van der Waals surface area contributed by atoms with E-state index in [1.54, 1.807) is 0 Å². The molecule has 132 valence electrons. The van der Waals surface area contributed by atoms with Crippen LogP contribution in [0.15, 0.2) is 41.0 Å². The molecule has 0 saturated heterocycles. The summed E-state index contributed by atoms with van der Waals surface area (Å²) in [6.07, 6.45) is 6.84. The summed E-state index contributed by atoms with van der Waals surface area (Å²) < 4.78 is 1.33. The lowest BCUT2D eigenvalue weighted by molar-refractivity contribution is -0.417. The third-order valence-corrected chi connectivity index (χ3v) is 5.72. The van der Waals surface area contributed by atoms with Crippen LogP contribution >= 0.6 is 11.8 Å². The number of nitro groups is 1. The van der Waals surface area contributed by atoms with Crippen LogP contribution in [0.1, 0.15) is 30.5 Å². The molecule has 0 unspecified atom stereocenters. The van der Waals surface area contributed by atoms with Gasteiger partial charge in [0.1, 0.15) is 5.70 Å². The molecular formula is C17H20N4O3S. The number of nitrogens with zero attached hydrogens (tertiary/aromatic N) is 3. The summed E-state index contributed by atoms with van der Waals surface area (Å²) in [7, 11) is 0. The molecule has 1 aromatic heterocycles. The SMILES string of the molecule is C=C/C=C(\C(=C)[N+](=O)[O-])n1c(SC2CCC2)nc2c(c1=O)CNCC2. The quantitative estimate of drug-likeness (QED) is 0.362. The van der Waals surface area contributed by atoms with Crippen LogP contribution in [-0.4, -0.2) is 26.3 Å². The molecule has 7 nitrogen and oxygen atoms in total. The molecule has 1 aliphatic carbocycles. The third-order valence-electron chi connectivity index (χ3n) is 4.43. The van der Waals surface area contributed by atoms with Gasteiger partial charge in [-0.25, -0.2) is 9.55 Å². The first-order valence-electron chi connectivity index (χ1n) is 8.22. The Morgan fingerprint density at radius 1 is 1.48 bits per heavy atom. The van der Waals surface area contributed by atoms with Gasteiger partial charge in [-0.2, -0.15) is 0 Å². The molecule has 1 aliphatic heterocycles. The average Bonchev–Trinajstić information content (AvgIpc) is 2.56. The maximum absolute atomic E-state index is 13.1. The maximum Gasteiger partial charge on any atom is 0.286 e. The van der Waals surface area contributed by atoms with Gasteiger partial charge >= 0.3 is 0 Å². The molecule has 0 aromatic carbocycles. The van der Waals surface area contributed by atoms with Crippen molar-refractivity contribution in [2.75, 3.05) is 6.54 Å². The minimum absolute atomic E-state index is 0.118. The molecule has 0 amide bonds. The number of fused-ring (bicyclic) bond motifs is 1. The van der Waals surface area contributed by atoms with Crippen molar-refractivity contribution in [1.82, 2.24) is 14.9 Å². The van der Waals surface area contributed by atoms with Crippen molar-refractivity contribution in [3.05, 3.63) is 62.7 Å². The standard InChI is InChI=1S/C17H20N4O3S/c1-3-5-15(11(2)21(23)24)20-16(22)13-10-18-9-8-14(13)19-17(20)25-12-6-4-7-12/h3,5,12,18H,1-2,4,6-10H2/b15-5+. The number of aromatic nitrogens is 2. The van der Waals surface area contributed by atoms with E-state index in [0.717, 1.165) is 31.5 Å². The van der Waals surface area contributed by atoms with E-state index in [9.17, 15) is 14.9 Å². The molecule has 0 spiro atoms. The van der Waals surface area contributed by atoms with Gasteiger partial charge in [-0.3, -0.25) is 14.9 Å². The Morgan fingerprint density at radius 2 is 2.24 bits per heavy atom. The van der Waals surface area contributed by atoms with E-state index in [0.29, 0.717) is 28.9 Å². The summed E-state index contributed by atoms with van der Waals surface area (Å²) in [6.45, 7) is 8.33. The summed E-state index contributed by atoms with van der Waals surface area (Å²) in [6, 6.07) is 0. The number of thioether (sulfide) groups is 1. The van der Waals surface area contributed by atoms with Gasteiger partial charge in [0.2, 0.25) is 0 Å². The van der Waals surface area contributed by atoms with Gasteiger partial charge in [0.25, 0.3) is 11.3 Å². The number of nitrogens with one attached hydrogen (secondary N) is 1. The monoisotopic (exact) mass is 360 g/mol. The van der Waals surface area contributed by atoms with Crippen LogP contribution in [0.5, 0.6) is 0 Å². The lowest BCUT2D eigenvalue weighted by Gasteiger charge is -2.27. The fourth-order valence-electron chi connectivity index (χ4n) is 2.82. The first-order valence-corrected chi connectivity index (χ1v) is 9.09. The van der Waals surface area contributed by atoms with Crippen molar-refractivity contribution in [1.29, 1.82) is 0 Å². The van der Waals surface area contributed by atoms with E-state index in [1.165, 1.54) is 28.5 Å². The molecule has 8 heteroatoms. The normalized spacial score (nSPS) is 17.5. The molecule has 1 fully saturated rings. The molecule has 25 heavy (non-hydrogen) atoms. The number of allylic oxidation sites excluding steroid dienone is 3. The molecule has 2 aliphatic rings. The molecule has 2 heterocycles. The maximum atomic E-state index is 13.1. The van der Waals surface area contributed by atoms with E-state index in [2.05, 4.69) is 23.5 Å². The predicted molar refractivity (Wildman–Crippen MR) is 98.0 cm³/mol. The Labute approximate surface area is 149 Å². The Balaban J connectivity index is 2.18. The van der Waals surface area contributed by atoms with Crippen LogP contribution in [0, 0.1) is 10.1 Å². The summed E-state index contributed by atoms with van der Waals surface area (Å²) in [5.41, 5.74) is 0.854. The second kappa shape index (κ2) is 7.37. The Hall–Kier alpha value is -2.19. The van der Waals surface area contributed by atoms with Gasteiger partial charge in [-0.1, -0.05) is 30.8 Å². The summed E-state index contributed by atoms with van der Waals surface area (Å²) in [5.74, 6) is 0. The molecule has 1 N–H and O–H groups in total. The highest BCUT2D eigenvalue weighted by atomic mass is 32.2. The topological polar surface area (TPSA) is 90.1 Å². The smallest absolute Gasteiger partial charge is 0.286 e. The van der Waals surface area contributed by atoms with E-state index in [-0.39, 0.29) is 17.0 Å². The first kappa shape index (κ1) is 17.6. The van der Waals surface area contributed by atoms with Gasteiger partial charge in [0.15, 0.2) is 5.16 Å². The molecular weight excluding hydrogens is 340 g/mol. The summed E-state index contributed by atoms with van der Waals surface area (Å²) >= 11 is 1.52. The highest BCUT2D eigenvalue weighted by Gasteiger charge is 2.28. The predicted octanol–water partition coefficient (Wildman–Crippen LogP) is 2.35. The van der Waals surface area contributed by atoms with Crippen molar-refractivity contribution >= 4 is 17.5 Å². The van der Waals surface area contributed by atoms with E-state index in [1.807, 2.05) is 0 Å². The molecule has 0 atom stereocenters. The van der Waals surface area contributed by atoms with Gasteiger partial charge in [-0.05, 0) is 25.5 Å². The average molecular weight is 360 g/mol. The summed E-state index contributed by atoms with van der Waals surface area (Å²) in [5, 5.41) is 15.3. The highest BCUT2D eigenvalue weighted by Crippen LogP contribution is 2.36. The zero-order valence-corrected chi connectivity index (χ0v) is 14.7. The molecule has 0 bridgehead atoms. The largest absolute Gasteiger partial charge is 0.312 e. The third kappa shape index (κ3) is 3.45. The number of hydrogen-bond donors (Lipinski definition) is 1. The van der Waals surface area contributed by atoms with Crippen molar-refractivity contribution in [3.63, 3.8) is 0 Å². The minimum atomic E-state index is -0.586. The second-order valence-corrected chi connectivity index (χ2v) is 7.32. The Bertz CT molecular complexity index is 824. The lowest BCUT2D eigenvalue weighted by Crippen LogP contribution is -2.36. The van der Waals surface area contributed by atoms with Crippen LogP contribution in [0.3, 0.4) is 0 Å². The highest BCUT2D eigenvalue weighted by molar-refractivity contribution is 7.99. The van der Waals surface area contributed by atoms with Crippen LogP contribution in [0.2, 0.25) is 0 Å².